The van der Waals surface area contributed by atoms with Crippen molar-refractivity contribution < 1.29 is 13.2 Å². The number of benzene rings is 2. The minimum atomic E-state index is -3.57. The van der Waals surface area contributed by atoms with E-state index in [1.54, 1.807) is 0 Å². The van der Waals surface area contributed by atoms with Crippen LogP contribution in [0.2, 0.25) is 0 Å². The van der Waals surface area contributed by atoms with Crippen molar-refractivity contribution in [3.8, 4) is 0 Å². The van der Waals surface area contributed by atoms with Gasteiger partial charge in [-0.1, -0.05) is 23.8 Å². The largest absolute Gasteiger partial charge is 0.371 e. The molecule has 1 saturated heterocycles. The minimum Gasteiger partial charge on any atom is -0.371 e. The number of rotatable bonds is 5. The summed E-state index contributed by atoms with van der Waals surface area (Å²) < 4.78 is 28.1. The molecule has 1 amide bonds. The summed E-state index contributed by atoms with van der Waals surface area (Å²) in [4.78, 5) is 15.6. The first-order chi connectivity index (χ1) is 15.2. The molecule has 2 aliphatic rings. The van der Waals surface area contributed by atoms with Crippen molar-refractivity contribution >= 4 is 27.3 Å². The maximum absolute atomic E-state index is 13.3. The highest BCUT2D eigenvalue weighted by atomic mass is 32.2. The van der Waals surface area contributed by atoms with Crippen LogP contribution in [0.1, 0.15) is 42.0 Å². The maximum atomic E-state index is 13.3. The summed E-state index contributed by atoms with van der Waals surface area (Å²) in [7, 11) is -3.57. The summed E-state index contributed by atoms with van der Waals surface area (Å²) in [5.41, 5.74) is 5.96. The number of hydrogen-bond acceptors (Lipinski definition) is 4. The number of anilines is 2. The lowest BCUT2D eigenvalue weighted by molar-refractivity contribution is -0.120. The molecule has 0 aliphatic carbocycles. The monoisotopic (exact) mass is 455 g/mol. The molecule has 2 aromatic rings. The first-order valence-electron chi connectivity index (χ1n) is 11.5. The van der Waals surface area contributed by atoms with Crippen LogP contribution in [0.15, 0.2) is 35.2 Å². The summed E-state index contributed by atoms with van der Waals surface area (Å²) >= 11 is 0. The molecule has 0 unspecified atom stereocenters. The second-order valence-corrected chi connectivity index (χ2v) is 10.9. The van der Waals surface area contributed by atoms with Gasteiger partial charge in [-0.3, -0.25) is 4.79 Å². The van der Waals surface area contributed by atoms with Crippen molar-refractivity contribution in [2.75, 3.05) is 36.4 Å². The summed E-state index contributed by atoms with van der Waals surface area (Å²) in [5, 5.41) is 3.06. The van der Waals surface area contributed by atoms with Gasteiger partial charge in [0.1, 0.15) is 0 Å². The van der Waals surface area contributed by atoms with Gasteiger partial charge in [0.25, 0.3) is 0 Å². The van der Waals surface area contributed by atoms with Crippen LogP contribution in [0.25, 0.3) is 0 Å². The minimum absolute atomic E-state index is 0.0225. The van der Waals surface area contributed by atoms with Crippen LogP contribution in [0.5, 0.6) is 0 Å². The number of nitrogens with one attached hydrogen (secondary N) is 1. The van der Waals surface area contributed by atoms with E-state index in [0.717, 1.165) is 41.9 Å². The van der Waals surface area contributed by atoms with Crippen LogP contribution >= 0.6 is 0 Å². The zero-order valence-corrected chi connectivity index (χ0v) is 20.3. The Balaban J connectivity index is 1.41. The van der Waals surface area contributed by atoms with Gasteiger partial charge in [0.05, 0.1) is 4.90 Å². The fourth-order valence-corrected chi connectivity index (χ4v) is 7.04. The molecule has 1 N–H and O–H groups in total. The van der Waals surface area contributed by atoms with Gasteiger partial charge in [-0.15, -0.1) is 0 Å². The van der Waals surface area contributed by atoms with Crippen molar-refractivity contribution in [2.24, 2.45) is 5.92 Å². The molecule has 0 aromatic heterocycles. The van der Waals surface area contributed by atoms with E-state index < -0.39 is 10.0 Å². The average Bonchev–Trinajstić information content (AvgIpc) is 3.15. The lowest BCUT2D eigenvalue weighted by Crippen LogP contribution is -2.41. The van der Waals surface area contributed by atoms with Crippen LogP contribution in [0.4, 0.5) is 11.4 Å². The number of hydrogen-bond donors (Lipinski definition) is 1. The molecule has 0 bridgehead atoms. The molecular formula is C25H33N3O3S. The molecule has 2 heterocycles. The highest BCUT2D eigenvalue weighted by molar-refractivity contribution is 7.89. The van der Waals surface area contributed by atoms with Crippen molar-refractivity contribution in [1.82, 2.24) is 4.31 Å². The van der Waals surface area contributed by atoms with E-state index >= 15 is 0 Å². The summed E-state index contributed by atoms with van der Waals surface area (Å²) in [6.07, 6.45) is 2.10. The van der Waals surface area contributed by atoms with E-state index in [1.165, 1.54) is 15.6 Å². The highest BCUT2D eigenvalue weighted by Crippen LogP contribution is 2.32. The van der Waals surface area contributed by atoms with Gasteiger partial charge in [0.15, 0.2) is 0 Å². The number of piperidine rings is 1. The van der Waals surface area contributed by atoms with Crippen molar-refractivity contribution in [1.29, 1.82) is 0 Å². The Morgan fingerprint density at radius 3 is 2.31 bits per heavy atom. The maximum Gasteiger partial charge on any atom is 0.243 e. The molecule has 6 nitrogen and oxygen atoms in total. The second kappa shape index (κ2) is 8.87. The second-order valence-electron chi connectivity index (χ2n) is 9.07. The molecule has 2 aliphatic heterocycles. The summed E-state index contributed by atoms with van der Waals surface area (Å²) in [6, 6.07) is 9.96. The number of amides is 1. The zero-order chi connectivity index (χ0) is 23.0. The third-order valence-corrected chi connectivity index (χ3v) is 8.96. The van der Waals surface area contributed by atoms with Gasteiger partial charge >= 0.3 is 0 Å². The lowest BCUT2D eigenvalue weighted by Gasteiger charge is -2.31. The summed E-state index contributed by atoms with van der Waals surface area (Å²) in [6.45, 7) is 10.5. The Labute approximate surface area is 191 Å². The fourth-order valence-electron chi connectivity index (χ4n) is 5.16. The van der Waals surface area contributed by atoms with Gasteiger partial charge in [0.2, 0.25) is 15.9 Å². The Morgan fingerprint density at radius 2 is 1.69 bits per heavy atom. The van der Waals surface area contributed by atoms with E-state index in [1.807, 2.05) is 39.0 Å². The van der Waals surface area contributed by atoms with Crippen LogP contribution in [0, 0.1) is 26.7 Å². The van der Waals surface area contributed by atoms with Crippen molar-refractivity contribution in [3.05, 3.63) is 52.6 Å². The molecule has 1 fully saturated rings. The topological polar surface area (TPSA) is 69.7 Å². The Hall–Kier alpha value is -2.38. The van der Waals surface area contributed by atoms with Crippen LogP contribution < -0.4 is 10.2 Å². The van der Waals surface area contributed by atoms with Gasteiger partial charge in [-0.05, 0) is 75.8 Å². The molecule has 4 rings (SSSR count). The number of carbonyl (C=O) groups is 1. The number of nitrogens with zero attached hydrogens (tertiary/aromatic N) is 2. The number of likely N-dealkylation sites (N-methyl/N-ethyl adjacent to an activating group) is 1. The average molecular weight is 456 g/mol. The van der Waals surface area contributed by atoms with E-state index in [9.17, 15) is 13.2 Å². The molecule has 0 saturated carbocycles. The SMILES string of the molecule is CCN1CCc2ccc(NC(=O)C3CCN(S(=O)(=O)c4c(C)cc(C)cc4C)CC3)cc21. The van der Waals surface area contributed by atoms with Crippen molar-refractivity contribution in [3.63, 3.8) is 0 Å². The predicted octanol–water partition coefficient (Wildman–Crippen LogP) is 4.03. The molecular weight excluding hydrogens is 422 g/mol. The Bertz CT molecular complexity index is 1110. The third-order valence-electron chi connectivity index (χ3n) is 6.75. The molecule has 2 aromatic carbocycles. The van der Waals surface area contributed by atoms with E-state index in [2.05, 4.69) is 29.3 Å². The Kier molecular flexibility index (Phi) is 6.32. The van der Waals surface area contributed by atoms with Gasteiger partial charge < -0.3 is 10.2 Å². The van der Waals surface area contributed by atoms with Crippen LogP contribution in [-0.2, 0) is 21.2 Å². The molecule has 172 valence electrons. The molecule has 32 heavy (non-hydrogen) atoms. The predicted molar refractivity (Wildman–Crippen MR) is 129 cm³/mol. The van der Waals surface area contributed by atoms with Gasteiger partial charge in [0, 0.05) is 43.5 Å². The third kappa shape index (κ3) is 4.28. The van der Waals surface area contributed by atoms with Crippen LogP contribution in [-0.4, -0.2) is 44.8 Å². The molecule has 0 atom stereocenters. The Morgan fingerprint density at radius 1 is 1.03 bits per heavy atom. The quantitative estimate of drug-likeness (QED) is 0.739. The smallest absolute Gasteiger partial charge is 0.243 e. The first-order valence-corrected chi connectivity index (χ1v) is 12.9. The highest BCUT2D eigenvalue weighted by Gasteiger charge is 2.34. The standard InChI is InChI=1S/C25H33N3O3S/c1-5-27-11-8-20-6-7-22(16-23(20)27)26-25(29)21-9-12-28(13-10-21)32(30,31)24-18(3)14-17(2)15-19(24)4/h6-7,14-16,21H,5,8-13H2,1-4H3,(H,26,29). The fraction of sp³-hybridized carbons (Fsp3) is 0.480. The van der Waals surface area contributed by atoms with E-state index in [0.29, 0.717) is 30.8 Å². The zero-order valence-electron chi connectivity index (χ0n) is 19.4. The van der Waals surface area contributed by atoms with E-state index in [-0.39, 0.29) is 11.8 Å². The van der Waals surface area contributed by atoms with Gasteiger partial charge in [-0.2, -0.15) is 4.31 Å². The molecule has 0 radical (unpaired) electrons. The lowest BCUT2D eigenvalue weighted by atomic mass is 9.97. The normalized spacial score (nSPS) is 17.4. The number of aryl methyl sites for hydroxylation is 3. The number of carbonyl (C=O) groups excluding carboxylic acids is 1. The van der Waals surface area contributed by atoms with Crippen LogP contribution in [0.3, 0.4) is 0 Å². The van der Waals surface area contributed by atoms with Crippen molar-refractivity contribution in [2.45, 2.75) is 51.9 Å². The number of fused-ring (bicyclic) bond motifs is 1. The molecule has 7 heteroatoms. The van der Waals surface area contributed by atoms with E-state index in [4.69, 9.17) is 0 Å². The number of sulfonamides is 1. The molecule has 0 spiro atoms. The van der Waals surface area contributed by atoms with Gasteiger partial charge in [-0.25, -0.2) is 8.42 Å². The first kappa shape index (κ1) is 22.8. The summed E-state index contributed by atoms with van der Waals surface area (Å²) in [5.74, 6) is -0.206.